The molecule has 0 aromatic carbocycles. The SMILES string of the molecule is O=C(Cn1cncn1)NCCNc1cc(N2CCCC2)cnn1. The highest BCUT2D eigenvalue weighted by atomic mass is 16.2. The Bertz CT molecular complexity index is 623. The van der Waals surface area contributed by atoms with Gasteiger partial charge in [0.2, 0.25) is 5.91 Å². The van der Waals surface area contributed by atoms with Gasteiger partial charge in [0, 0.05) is 32.2 Å². The van der Waals surface area contributed by atoms with Crippen LogP contribution in [0.4, 0.5) is 11.5 Å². The van der Waals surface area contributed by atoms with Crippen LogP contribution in [0.2, 0.25) is 0 Å². The summed E-state index contributed by atoms with van der Waals surface area (Å²) in [6.07, 6.45) is 7.15. The summed E-state index contributed by atoms with van der Waals surface area (Å²) in [6.45, 7) is 3.40. The number of aromatic nitrogens is 5. The number of amides is 1. The first kappa shape index (κ1) is 15.2. The predicted molar refractivity (Wildman–Crippen MR) is 85.0 cm³/mol. The Hall–Kier alpha value is -2.71. The van der Waals surface area contributed by atoms with Gasteiger partial charge in [0.15, 0.2) is 5.82 Å². The molecule has 0 spiro atoms. The fourth-order valence-corrected chi connectivity index (χ4v) is 2.50. The lowest BCUT2D eigenvalue weighted by molar-refractivity contribution is -0.121. The molecule has 9 heteroatoms. The molecule has 1 amide bonds. The third-order valence-electron chi connectivity index (χ3n) is 3.64. The molecule has 1 aliphatic heterocycles. The fourth-order valence-electron chi connectivity index (χ4n) is 2.50. The van der Waals surface area contributed by atoms with Gasteiger partial charge in [0.1, 0.15) is 19.2 Å². The molecule has 9 nitrogen and oxygen atoms in total. The van der Waals surface area contributed by atoms with Crippen molar-refractivity contribution in [2.45, 2.75) is 19.4 Å². The third-order valence-corrected chi connectivity index (χ3v) is 3.64. The Balaban J connectivity index is 1.40. The van der Waals surface area contributed by atoms with Crippen molar-refractivity contribution >= 4 is 17.4 Å². The minimum absolute atomic E-state index is 0.103. The van der Waals surface area contributed by atoms with E-state index in [0.29, 0.717) is 13.1 Å². The van der Waals surface area contributed by atoms with Gasteiger partial charge in [-0.2, -0.15) is 10.2 Å². The Morgan fingerprint density at radius 3 is 2.91 bits per heavy atom. The van der Waals surface area contributed by atoms with Gasteiger partial charge in [-0.15, -0.1) is 5.10 Å². The van der Waals surface area contributed by atoms with Crippen LogP contribution in [0.5, 0.6) is 0 Å². The van der Waals surface area contributed by atoms with E-state index in [1.165, 1.54) is 30.2 Å². The smallest absolute Gasteiger partial charge is 0.241 e. The van der Waals surface area contributed by atoms with Gasteiger partial charge in [-0.25, -0.2) is 9.67 Å². The largest absolute Gasteiger partial charge is 0.370 e. The van der Waals surface area contributed by atoms with E-state index < -0.39 is 0 Å². The molecule has 3 rings (SSSR count). The molecule has 1 fully saturated rings. The molecular weight excluding hydrogens is 296 g/mol. The lowest BCUT2D eigenvalue weighted by Crippen LogP contribution is -2.32. The highest BCUT2D eigenvalue weighted by Gasteiger charge is 2.13. The van der Waals surface area contributed by atoms with E-state index in [9.17, 15) is 4.79 Å². The lowest BCUT2D eigenvalue weighted by atomic mass is 10.4. The number of rotatable bonds is 7. The summed E-state index contributed by atoms with van der Waals surface area (Å²) < 4.78 is 1.48. The minimum Gasteiger partial charge on any atom is -0.370 e. The van der Waals surface area contributed by atoms with E-state index in [1.807, 2.05) is 6.07 Å². The second-order valence-corrected chi connectivity index (χ2v) is 5.36. The van der Waals surface area contributed by atoms with Crippen molar-refractivity contribution in [2.24, 2.45) is 0 Å². The standard InChI is InChI=1S/C14H20N8O/c23-14(9-22-11-15-10-19-22)17-4-3-16-13-7-12(8-18-20-13)21-5-1-2-6-21/h7-8,10-11H,1-6,9H2,(H,16,20)(H,17,23). The van der Waals surface area contributed by atoms with Crippen LogP contribution in [0.25, 0.3) is 0 Å². The Morgan fingerprint density at radius 2 is 2.13 bits per heavy atom. The van der Waals surface area contributed by atoms with Gasteiger partial charge in [-0.1, -0.05) is 0 Å². The monoisotopic (exact) mass is 316 g/mol. The predicted octanol–water partition coefficient (Wildman–Crippen LogP) is -0.103. The Labute approximate surface area is 134 Å². The van der Waals surface area contributed by atoms with Gasteiger partial charge in [0.05, 0.1) is 11.9 Å². The van der Waals surface area contributed by atoms with Crippen molar-refractivity contribution in [1.82, 2.24) is 30.3 Å². The Kier molecular flexibility index (Phi) is 4.97. The molecule has 2 aromatic heterocycles. The second kappa shape index (κ2) is 7.52. The van der Waals surface area contributed by atoms with E-state index in [4.69, 9.17) is 0 Å². The number of carbonyl (C=O) groups is 1. The third kappa shape index (κ3) is 4.38. The molecule has 2 aromatic rings. The van der Waals surface area contributed by atoms with Crippen molar-refractivity contribution in [3.05, 3.63) is 24.9 Å². The Morgan fingerprint density at radius 1 is 1.26 bits per heavy atom. The van der Waals surface area contributed by atoms with Crippen LogP contribution in [0.3, 0.4) is 0 Å². The molecule has 3 heterocycles. The summed E-state index contributed by atoms with van der Waals surface area (Å²) in [5.74, 6) is 0.620. The normalized spacial score (nSPS) is 14.0. The summed E-state index contributed by atoms with van der Waals surface area (Å²) in [5, 5.41) is 18.0. The molecule has 0 saturated carbocycles. The number of nitrogens with one attached hydrogen (secondary N) is 2. The first-order chi connectivity index (χ1) is 11.3. The topological polar surface area (TPSA) is 101 Å². The van der Waals surface area contributed by atoms with Crippen LogP contribution < -0.4 is 15.5 Å². The van der Waals surface area contributed by atoms with E-state index in [0.717, 1.165) is 24.6 Å². The summed E-state index contributed by atoms with van der Waals surface area (Å²) >= 11 is 0. The first-order valence-electron chi connectivity index (χ1n) is 7.72. The zero-order valence-electron chi connectivity index (χ0n) is 12.9. The minimum atomic E-state index is -0.103. The maximum absolute atomic E-state index is 11.7. The highest BCUT2D eigenvalue weighted by Crippen LogP contribution is 2.20. The first-order valence-corrected chi connectivity index (χ1v) is 7.72. The highest BCUT2D eigenvalue weighted by molar-refractivity contribution is 5.75. The van der Waals surface area contributed by atoms with Crippen molar-refractivity contribution in [3.8, 4) is 0 Å². The summed E-state index contributed by atoms with van der Waals surface area (Å²) in [4.78, 5) is 17.8. The number of nitrogens with zero attached hydrogens (tertiary/aromatic N) is 6. The van der Waals surface area contributed by atoms with Crippen molar-refractivity contribution in [1.29, 1.82) is 0 Å². The average Bonchev–Trinajstić information content (AvgIpc) is 3.25. The molecule has 0 bridgehead atoms. The van der Waals surface area contributed by atoms with Crippen LogP contribution in [0.15, 0.2) is 24.9 Å². The lowest BCUT2D eigenvalue weighted by Gasteiger charge is -2.17. The quantitative estimate of drug-likeness (QED) is 0.688. The van der Waals surface area contributed by atoms with Gasteiger partial charge in [-0.3, -0.25) is 4.79 Å². The zero-order chi connectivity index (χ0) is 15.9. The van der Waals surface area contributed by atoms with E-state index in [-0.39, 0.29) is 12.5 Å². The van der Waals surface area contributed by atoms with Crippen molar-refractivity contribution in [2.75, 3.05) is 36.4 Å². The molecule has 0 radical (unpaired) electrons. The van der Waals surface area contributed by atoms with E-state index >= 15 is 0 Å². The number of hydrogen-bond acceptors (Lipinski definition) is 7. The van der Waals surface area contributed by atoms with Gasteiger partial charge in [-0.05, 0) is 12.8 Å². The fraction of sp³-hybridized carbons (Fsp3) is 0.500. The van der Waals surface area contributed by atoms with Crippen LogP contribution in [-0.4, -0.2) is 57.0 Å². The molecule has 23 heavy (non-hydrogen) atoms. The summed E-state index contributed by atoms with van der Waals surface area (Å²) in [6, 6.07) is 2.00. The molecular formula is C14H20N8O. The van der Waals surface area contributed by atoms with E-state index in [1.54, 1.807) is 6.20 Å². The van der Waals surface area contributed by atoms with Gasteiger partial charge >= 0.3 is 0 Å². The van der Waals surface area contributed by atoms with Gasteiger partial charge in [0.25, 0.3) is 0 Å². The molecule has 2 N–H and O–H groups in total. The number of anilines is 2. The average molecular weight is 316 g/mol. The molecule has 122 valence electrons. The van der Waals surface area contributed by atoms with Crippen LogP contribution in [0.1, 0.15) is 12.8 Å². The molecule has 0 aliphatic carbocycles. The van der Waals surface area contributed by atoms with Crippen LogP contribution in [-0.2, 0) is 11.3 Å². The van der Waals surface area contributed by atoms with Crippen LogP contribution >= 0.6 is 0 Å². The summed E-state index contributed by atoms with van der Waals surface area (Å²) in [7, 11) is 0. The summed E-state index contributed by atoms with van der Waals surface area (Å²) in [5.41, 5.74) is 1.09. The van der Waals surface area contributed by atoms with E-state index in [2.05, 4.69) is 35.8 Å². The molecule has 1 saturated heterocycles. The molecule has 0 unspecified atom stereocenters. The van der Waals surface area contributed by atoms with Gasteiger partial charge < -0.3 is 15.5 Å². The maximum atomic E-state index is 11.7. The van der Waals surface area contributed by atoms with Crippen LogP contribution in [0, 0.1) is 0 Å². The van der Waals surface area contributed by atoms with Crippen molar-refractivity contribution < 1.29 is 4.79 Å². The molecule has 1 aliphatic rings. The molecule has 0 atom stereocenters. The van der Waals surface area contributed by atoms with Crippen molar-refractivity contribution in [3.63, 3.8) is 0 Å². The second-order valence-electron chi connectivity index (χ2n) is 5.36. The zero-order valence-corrected chi connectivity index (χ0v) is 12.9. The number of carbonyl (C=O) groups excluding carboxylic acids is 1. The maximum Gasteiger partial charge on any atom is 0.241 e. The number of hydrogen-bond donors (Lipinski definition) is 2.